The molecule has 40 heavy (non-hydrogen) atoms. The summed E-state index contributed by atoms with van der Waals surface area (Å²) in [5.41, 5.74) is 3.41. The number of hydrogen-bond donors (Lipinski definition) is 1. The number of methoxy groups -OCH3 is 1. The maximum Gasteiger partial charge on any atom is 0.354 e. The molecule has 0 bridgehead atoms. The van der Waals surface area contributed by atoms with E-state index in [9.17, 15) is 9.90 Å². The average Bonchev–Trinajstić information content (AvgIpc) is 3.66. The van der Waals surface area contributed by atoms with E-state index < -0.39 is 13.0 Å². The molecule has 3 aliphatic rings. The van der Waals surface area contributed by atoms with Crippen molar-refractivity contribution in [3.05, 3.63) is 69.8 Å². The summed E-state index contributed by atoms with van der Waals surface area (Å²) in [5, 5.41) is 15.1. The molecule has 0 atom stereocenters. The van der Waals surface area contributed by atoms with Crippen LogP contribution in [0.3, 0.4) is 0 Å². The fourth-order valence-electron chi connectivity index (χ4n) is 6.13. The minimum Gasteiger partial charge on any atom is -0.496 e. The van der Waals surface area contributed by atoms with Crippen LogP contribution in [0.25, 0.3) is 28.2 Å². The number of rotatable bonds is 7. The second kappa shape index (κ2) is 9.49. The van der Waals surface area contributed by atoms with Crippen molar-refractivity contribution in [3.8, 4) is 17.0 Å². The Balaban J connectivity index is 1.06. The topological polar surface area (TPSA) is 102 Å². The van der Waals surface area contributed by atoms with Crippen molar-refractivity contribution in [2.24, 2.45) is 11.3 Å². The van der Waals surface area contributed by atoms with Crippen LogP contribution in [0.1, 0.15) is 57.5 Å². The number of nitrogens with zero attached hydrogens (tertiary/aromatic N) is 4. The third kappa shape index (κ3) is 4.30. The highest BCUT2D eigenvalue weighted by molar-refractivity contribution is 6.39. The molecule has 204 valence electrons. The summed E-state index contributed by atoms with van der Waals surface area (Å²) >= 11 is 12.9. The lowest BCUT2D eigenvalue weighted by Gasteiger charge is -2.59. The lowest BCUT2D eigenvalue weighted by molar-refractivity contribution is 0.0486. The number of fused-ring (bicyclic) bond motifs is 1. The molecule has 1 aromatic carbocycles. The van der Waals surface area contributed by atoms with Crippen molar-refractivity contribution in [1.82, 2.24) is 15.1 Å². The van der Waals surface area contributed by atoms with Crippen molar-refractivity contribution in [1.29, 1.82) is 0 Å². The predicted octanol–water partition coefficient (Wildman–Crippen LogP) is 7.11. The van der Waals surface area contributed by atoms with Crippen LogP contribution in [-0.4, -0.2) is 46.3 Å². The largest absolute Gasteiger partial charge is 0.496 e. The maximum absolute atomic E-state index is 11.5. The first-order valence-electron chi connectivity index (χ1n) is 14.6. The second-order valence-electron chi connectivity index (χ2n) is 11.1. The van der Waals surface area contributed by atoms with Gasteiger partial charge < -0.3 is 19.3 Å². The monoisotopic (exact) mass is 579 g/mol. The molecule has 2 aliphatic carbocycles. The van der Waals surface area contributed by atoms with Crippen LogP contribution >= 0.6 is 23.2 Å². The number of carboxylic acids is 1. The Hall–Kier alpha value is -3.62. The Bertz CT molecular complexity index is 1770. The molecular formula is C30H26Cl2N4O4. The van der Waals surface area contributed by atoms with E-state index in [4.69, 9.17) is 36.6 Å². The zero-order chi connectivity index (χ0) is 30.1. The van der Waals surface area contributed by atoms with Crippen molar-refractivity contribution >= 4 is 51.8 Å². The lowest BCUT2D eigenvalue weighted by Crippen LogP contribution is -2.62. The number of benzene rings is 1. The minimum absolute atomic E-state index is 0.0265. The molecule has 3 fully saturated rings. The van der Waals surface area contributed by atoms with Crippen molar-refractivity contribution in [2.75, 3.05) is 25.0 Å². The van der Waals surface area contributed by atoms with Crippen LogP contribution < -0.4 is 9.64 Å². The molecule has 7 rings (SSSR count). The molecule has 1 aliphatic heterocycles. The summed E-state index contributed by atoms with van der Waals surface area (Å²) < 4.78 is 33.4. The quantitative estimate of drug-likeness (QED) is 0.247. The van der Waals surface area contributed by atoms with Gasteiger partial charge in [-0.2, -0.15) is 0 Å². The average molecular weight is 580 g/mol. The molecular weight excluding hydrogens is 551 g/mol. The number of allylic oxidation sites excluding steroid dienone is 1. The van der Waals surface area contributed by atoms with Gasteiger partial charge in [-0.15, -0.1) is 0 Å². The highest BCUT2D eigenvalue weighted by Crippen LogP contribution is 2.54. The molecule has 10 heteroatoms. The molecule has 3 aromatic heterocycles. The number of anilines is 1. The van der Waals surface area contributed by atoms with E-state index in [1.165, 1.54) is 0 Å². The number of ether oxygens (including phenoxy) is 1. The van der Waals surface area contributed by atoms with Gasteiger partial charge in [0, 0.05) is 65.1 Å². The van der Waals surface area contributed by atoms with Crippen molar-refractivity contribution < 1.29 is 23.3 Å². The molecule has 2 saturated carbocycles. The Labute approximate surface area is 244 Å². The number of halogens is 2. The zero-order valence-corrected chi connectivity index (χ0v) is 22.7. The molecule has 1 N–H and O–H groups in total. The first-order valence-corrected chi connectivity index (χ1v) is 13.8. The molecule has 4 heterocycles. The molecule has 0 radical (unpaired) electrons. The van der Waals surface area contributed by atoms with Gasteiger partial charge in [0.25, 0.3) is 0 Å². The predicted molar refractivity (Wildman–Crippen MR) is 153 cm³/mol. The summed E-state index contributed by atoms with van der Waals surface area (Å²) in [6.45, 7) is 1.74. The molecule has 0 unspecified atom stereocenters. The van der Waals surface area contributed by atoms with E-state index >= 15 is 0 Å². The molecule has 0 amide bonds. The highest BCUT2D eigenvalue weighted by atomic mass is 35.5. The van der Waals surface area contributed by atoms with E-state index in [-0.39, 0.29) is 16.9 Å². The molecule has 1 saturated heterocycles. The van der Waals surface area contributed by atoms with E-state index in [0.29, 0.717) is 44.0 Å². The number of aromatic nitrogens is 3. The van der Waals surface area contributed by atoms with E-state index in [0.717, 1.165) is 61.9 Å². The van der Waals surface area contributed by atoms with Gasteiger partial charge in [-0.25, -0.2) is 9.78 Å². The van der Waals surface area contributed by atoms with Crippen LogP contribution in [0.5, 0.6) is 5.75 Å². The summed E-state index contributed by atoms with van der Waals surface area (Å²) in [6.07, 6.45) is 11.7. The fraction of sp³-hybridized carbons (Fsp3) is 0.333. The van der Waals surface area contributed by atoms with Gasteiger partial charge in [0.15, 0.2) is 5.69 Å². The highest BCUT2D eigenvalue weighted by Gasteiger charge is 2.51. The summed E-state index contributed by atoms with van der Waals surface area (Å²) in [4.78, 5) is 22.0. The van der Waals surface area contributed by atoms with Crippen LogP contribution in [0, 0.1) is 11.3 Å². The summed E-state index contributed by atoms with van der Waals surface area (Å²) in [7, 11) is -2.72. The van der Waals surface area contributed by atoms with E-state index in [1.54, 1.807) is 18.5 Å². The molecule has 4 aromatic rings. The van der Waals surface area contributed by atoms with Gasteiger partial charge in [-0.3, -0.25) is 4.98 Å². The number of carboxylic acid groups (broad SMARTS) is 1. The van der Waals surface area contributed by atoms with Crippen LogP contribution in [0.2, 0.25) is 10.0 Å². The van der Waals surface area contributed by atoms with E-state index in [2.05, 4.69) is 32.2 Å². The Morgan fingerprint density at radius 3 is 2.70 bits per heavy atom. The normalized spacial score (nSPS) is 19.8. The summed E-state index contributed by atoms with van der Waals surface area (Å²) in [5.74, 6) is 0.374. The Morgan fingerprint density at radius 1 is 1.23 bits per heavy atom. The maximum atomic E-state index is 11.5. The SMILES string of the molecule is [2H]C([2H])([2H])Oc1cc(C(=O)O)nc2ccc(N3CC4(CC(/C=C/c5c(-c6c(Cl)cncc6Cl)noc5C5CC5)C4)C3)cc12. The van der Waals surface area contributed by atoms with Crippen LogP contribution in [0.15, 0.2) is 47.3 Å². The van der Waals surface area contributed by atoms with Gasteiger partial charge in [-0.1, -0.05) is 40.5 Å². The molecule has 1 spiro atoms. The van der Waals surface area contributed by atoms with Crippen molar-refractivity contribution in [2.45, 2.75) is 31.6 Å². The minimum atomic E-state index is -2.72. The number of hydrogen-bond acceptors (Lipinski definition) is 7. The third-order valence-electron chi connectivity index (χ3n) is 8.22. The smallest absolute Gasteiger partial charge is 0.354 e. The Morgan fingerprint density at radius 2 is 2.00 bits per heavy atom. The van der Waals surface area contributed by atoms with Crippen LogP contribution in [0.4, 0.5) is 5.69 Å². The summed E-state index contributed by atoms with van der Waals surface area (Å²) in [6, 6.07) is 6.56. The van der Waals surface area contributed by atoms with Gasteiger partial charge in [0.05, 0.1) is 26.7 Å². The Kier molecular flexibility index (Phi) is 5.25. The zero-order valence-electron chi connectivity index (χ0n) is 24.2. The van der Waals surface area contributed by atoms with Gasteiger partial charge in [0.1, 0.15) is 17.2 Å². The number of aromatic carboxylic acids is 1. The van der Waals surface area contributed by atoms with Gasteiger partial charge in [-0.05, 0) is 49.8 Å². The van der Waals surface area contributed by atoms with Gasteiger partial charge >= 0.3 is 5.97 Å². The number of pyridine rings is 2. The fourth-order valence-corrected chi connectivity index (χ4v) is 6.67. The third-order valence-corrected chi connectivity index (χ3v) is 8.79. The second-order valence-corrected chi connectivity index (χ2v) is 11.9. The van der Waals surface area contributed by atoms with Crippen molar-refractivity contribution in [3.63, 3.8) is 0 Å². The van der Waals surface area contributed by atoms with Gasteiger partial charge in [0.2, 0.25) is 0 Å². The van der Waals surface area contributed by atoms with Crippen LogP contribution in [-0.2, 0) is 0 Å². The standard InChI is InChI=1S/C30H26Cl2N4O4/c1-39-25-9-24(29(37)38)34-23-7-5-18(8-20(23)25)36-14-30(15-36)10-16(11-30)2-6-19-27(35-40-28(19)17-3-4-17)26-21(31)12-33-13-22(26)32/h2,5-9,12-13,16-17H,3-4,10-11,14-15H2,1H3,(H,37,38)/b6-2+/i1D3. The van der Waals surface area contributed by atoms with E-state index in [1.807, 2.05) is 12.1 Å². The number of carbonyl (C=O) groups is 1. The lowest BCUT2D eigenvalue weighted by atomic mass is 9.57. The first kappa shape index (κ1) is 22.1. The molecule has 8 nitrogen and oxygen atoms in total. The first-order chi connectivity index (χ1) is 20.5.